The van der Waals surface area contributed by atoms with Gasteiger partial charge in [0, 0.05) is 16.8 Å². The first kappa shape index (κ1) is 16.3. The van der Waals surface area contributed by atoms with Crippen LogP contribution in [0.15, 0.2) is 53.3 Å². The van der Waals surface area contributed by atoms with E-state index in [9.17, 15) is 4.79 Å². The van der Waals surface area contributed by atoms with Crippen LogP contribution in [0.2, 0.25) is 0 Å². The Bertz CT molecular complexity index is 1010. The van der Waals surface area contributed by atoms with Crippen LogP contribution >= 0.6 is 0 Å². The van der Waals surface area contributed by atoms with E-state index in [4.69, 9.17) is 4.74 Å². The standard InChI is InChI=1S/C20H20N4O2/c1-12(2)18-21-16-7-5-4-6-15(16)19-22-20(25)17(23-24(18)19)13-8-10-14(26-3)11-9-13/h4-12,18,21H,1-3H3. The van der Waals surface area contributed by atoms with Crippen LogP contribution in [0, 0.1) is 5.92 Å². The number of fused-ring (bicyclic) bond motifs is 3. The van der Waals surface area contributed by atoms with Crippen molar-refractivity contribution < 1.29 is 4.74 Å². The maximum atomic E-state index is 12.7. The van der Waals surface area contributed by atoms with Crippen LogP contribution in [-0.2, 0) is 0 Å². The average molecular weight is 348 g/mol. The summed E-state index contributed by atoms with van der Waals surface area (Å²) < 4.78 is 7.01. The zero-order valence-corrected chi connectivity index (χ0v) is 14.9. The molecule has 1 aliphatic rings. The lowest BCUT2D eigenvalue weighted by Gasteiger charge is -2.32. The number of anilines is 1. The topological polar surface area (TPSA) is 69.0 Å². The lowest BCUT2D eigenvalue weighted by molar-refractivity contribution is 0.376. The Kier molecular flexibility index (Phi) is 3.95. The highest BCUT2D eigenvalue weighted by atomic mass is 16.5. The Morgan fingerprint density at radius 3 is 2.54 bits per heavy atom. The lowest BCUT2D eigenvalue weighted by atomic mass is 10.0. The molecule has 1 N–H and O–H groups in total. The molecule has 2 aromatic carbocycles. The lowest BCUT2D eigenvalue weighted by Crippen LogP contribution is -2.34. The SMILES string of the molecule is COc1ccc(-c2nn3c(nc2=O)-c2ccccc2NC3C(C)C)cc1. The second-order valence-electron chi connectivity index (χ2n) is 6.64. The monoisotopic (exact) mass is 348 g/mol. The third-order valence-electron chi connectivity index (χ3n) is 4.56. The van der Waals surface area contributed by atoms with Crippen molar-refractivity contribution in [1.82, 2.24) is 14.8 Å². The van der Waals surface area contributed by atoms with Gasteiger partial charge in [-0.25, -0.2) is 4.68 Å². The van der Waals surface area contributed by atoms with Crippen molar-refractivity contribution in [2.24, 2.45) is 5.92 Å². The third kappa shape index (κ3) is 2.63. The number of nitrogens with zero attached hydrogens (tertiary/aromatic N) is 3. The summed E-state index contributed by atoms with van der Waals surface area (Å²) in [7, 11) is 1.61. The van der Waals surface area contributed by atoms with Gasteiger partial charge in [-0.05, 0) is 42.3 Å². The number of hydrogen-bond acceptors (Lipinski definition) is 5. The minimum absolute atomic E-state index is 0.0787. The van der Waals surface area contributed by atoms with Crippen LogP contribution < -0.4 is 15.6 Å². The molecular weight excluding hydrogens is 328 g/mol. The highest BCUT2D eigenvalue weighted by molar-refractivity contribution is 5.76. The molecule has 0 aliphatic carbocycles. The maximum absolute atomic E-state index is 12.7. The van der Waals surface area contributed by atoms with Crippen molar-refractivity contribution in [2.45, 2.75) is 20.0 Å². The Morgan fingerprint density at radius 2 is 1.85 bits per heavy atom. The number of rotatable bonds is 3. The highest BCUT2D eigenvalue weighted by Gasteiger charge is 2.28. The van der Waals surface area contributed by atoms with E-state index in [0.717, 1.165) is 22.6 Å². The predicted molar refractivity (Wildman–Crippen MR) is 101 cm³/mol. The van der Waals surface area contributed by atoms with Crippen LogP contribution in [0.25, 0.3) is 22.6 Å². The van der Waals surface area contributed by atoms with E-state index in [2.05, 4.69) is 29.2 Å². The van der Waals surface area contributed by atoms with Crippen molar-refractivity contribution in [1.29, 1.82) is 0 Å². The minimum atomic E-state index is -0.333. The van der Waals surface area contributed by atoms with Gasteiger partial charge in [0.15, 0.2) is 11.5 Å². The largest absolute Gasteiger partial charge is 0.497 e. The third-order valence-corrected chi connectivity index (χ3v) is 4.56. The molecular formula is C20H20N4O2. The Balaban J connectivity index is 1.91. The van der Waals surface area contributed by atoms with E-state index in [0.29, 0.717) is 11.5 Å². The van der Waals surface area contributed by atoms with Gasteiger partial charge in [0.1, 0.15) is 11.9 Å². The molecule has 1 aliphatic heterocycles. The molecule has 132 valence electrons. The molecule has 0 radical (unpaired) electrons. The number of hydrogen-bond donors (Lipinski definition) is 1. The molecule has 1 aromatic heterocycles. The van der Waals surface area contributed by atoms with E-state index >= 15 is 0 Å². The second-order valence-corrected chi connectivity index (χ2v) is 6.64. The summed E-state index contributed by atoms with van der Waals surface area (Å²) in [4.78, 5) is 17.1. The number of nitrogens with one attached hydrogen (secondary N) is 1. The van der Waals surface area contributed by atoms with Gasteiger partial charge in [-0.1, -0.05) is 26.0 Å². The van der Waals surface area contributed by atoms with Crippen molar-refractivity contribution in [2.75, 3.05) is 12.4 Å². The van der Waals surface area contributed by atoms with Gasteiger partial charge in [0.05, 0.1) is 7.11 Å². The number of para-hydroxylation sites is 1. The van der Waals surface area contributed by atoms with Gasteiger partial charge < -0.3 is 10.1 Å². The summed E-state index contributed by atoms with van der Waals surface area (Å²) in [5, 5.41) is 8.19. The maximum Gasteiger partial charge on any atom is 0.300 e. The highest BCUT2D eigenvalue weighted by Crippen LogP contribution is 2.36. The van der Waals surface area contributed by atoms with Crippen molar-refractivity contribution in [3.63, 3.8) is 0 Å². The molecule has 0 spiro atoms. The van der Waals surface area contributed by atoms with Gasteiger partial charge in [-0.15, -0.1) is 0 Å². The fourth-order valence-electron chi connectivity index (χ4n) is 3.18. The molecule has 26 heavy (non-hydrogen) atoms. The Morgan fingerprint density at radius 1 is 1.12 bits per heavy atom. The van der Waals surface area contributed by atoms with E-state index in [1.54, 1.807) is 7.11 Å². The summed E-state index contributed by atoms with van der Waals surface area (Å²) in [5.74, 6) is 1.60. The van der Waals surface area contributed by atoms with E-state index in [-0.39, 0.29) is 17.6 Å². The molecule has 2 heterocycles. The van der Waals surface area contributed by atoms with Gasteiger partial charge in [-0.2, -0.15) is 10.1 Å². The molecule has 6 heteroatoms. The van der Waals surface area contributed by atoms with Crippen molar-refractivity contribution in [3.05, 3.63) is 58.9 Å². The molecule has 4 rings (SSSR count). The molecule has 6 nitrogen and oxygen atoms in total. The predicted octanol–water partition coefficient (Wildman–Crippen LogP) is 3.56. The molecule has 0 saturated heterocycles. The number of benzene rings is 2. The first-order chi connectivity index (χ1) is 12.6. The fourth-order valence-corrected chi connectivity index (χ4v) is 3.18. The van der Waals surface area contributed by atoms with Crippen LogP contribution in [0.4, 0.5) is 5.69 Å². The van der Waals surface area contributed by atoms with Gasteiger partial charge >= 0.3 is 0 Å². The zero-order valence-electron chi connectivity index (χ0n) is 14.9. The first-order valence-corrected chi connectivity index (χ1v) is 8.59. The van der Waals surface area contributed by atoms with E-state index < -0.39 is 0 Å². The van der Waals surface area contributed by atoms with Crippen LogP contribution in [0.1, 0.15) is 20.0 Å². The summed E-state index contributed by atoms with van der Waals surface area (Å²) >= 11 is 0. The molecule has 3 aromatic rings. The average Bonchev–Trinajstić information content (AvgIpc) is 2.67. The number of methoxy groups -OCH3 is 1. The fraction of sp³-hybridized carbons (Fsp3) is 0.250. The second kappa shape index (κ2) is 6.29. The van der Waals surface area contributed by atoms with E-state index in [1.165, 1.54) is 0 Å². The molecule has 0 bridgehead atoms. The first-order valence-electron chi connectivity index (χ1n) is 8.59. The zero-order chi connectivity index (χ0) is 18.3. The molecule has 1 atom stereocenters. The quantitative estimate of drug-likeness (QED) is 0.784. The van der Waals surface area contributed by atoms with Crippen molar-refractivity contribution in [3.8, 4) is 28.4 Å². The smallest absolute Gasteiger partial charge is 0.300 e. The summed E-state index contributed by atoms with van der Waals surface area (Å²) in [6.45, 7) is 4.23. The van der Waals surface area contributed by atoms with Gasteiger partial charge in [-0.3, -0.25) is 4.79 Å². The molecule has 0 amide bonds. The van der Waals surface area contributed by atoms with Crippen LogP contribution in [-0.4, -0.2) is 21.9 Å². The molecule has 0 fully saturated rings. The van der Waals surface area contributed by atoms with Crippen molar-refractivity contribution >= 4 is 5.69 Å². The Hall–Kier alpha value is -3.15. The number of aromatic nitrogens is 3. The molecule has 0 saturated carbocycles. The van der Waals surface area contributed by atoms with Crippen LogP contribution in [0.5, 0.6) is 5.75 Å². The Labute approximate surface area is 151 Å². The number of ether oxygens (including phenoxy) is 1. The normalized spacial score (nSPS) is 15.2. The van der Waals surface area contributed by atoms with Gasteiger partial charge in [0.25, 0.3) is 5.56 Å². The van der Waals surface area contributed by atoms with Gasteiger partial charge in [0.2, 0.25) is 0 Å². The van der Waals surface area contributed by atoms with Crippen LogP contribution in [0.3, 0.4) is 0 Å². The molecule has 1 unspecified atom stereocenters. The summed E-state index contributed by atoms with van der Waals surface area (Å²) in [6, 6.07) is 15.1. The van der Waals surface area contributed by atoms with E-state index in [1.807, 2.05) is 53.2 Å². The minimum Gasteiger partial charge on any atom is -0.497 e. The summed E-state index contributed by atoms with van der Waals surface area (Å²) in [6.07, 6.45) is -0.0787. The summed E-state index contributed by atoms with van der Waals surface area (Å²) in [5.41, 5.74) is 2.58.